The molecule has 2 amide bonds. The van der Waals surface area contributed by atoms with E-state index in [1.54, 1.807) is 30.3 Å². The predicted molar refractivity (Wildman–Crippen MR) is 110 cm³/mol. The first-order valence-electron chi connectivity index (χ1n) is 9.35. The Morgan fingerprint density at radius 1 is 1.00 bits per heavy atom. The minimum absolute atomic E-state index is 0.0337. The lowest BCUT2D eigenvalue weighted by Crippen LogP contribution is -2.32. The molecule has 3 rings (SSSR count). The van der Waals surface area contributed by atoms with E-state index in [9.17, 15) is 9.59 Å². The van der Waals surface area contributed by atoms with Crippen molar-refractivity contribution in [1.29, 1.82) is 5.26 Å². The van der Waals surface area contributed by atoms with E-state index in [2.05, 4.69) is 16.7 Å². The molecule has 0 atom stereocenters. The highest BCUT2D eigenvalue weighted by Gasteiger charge is 2.30. The summed E-state index contributed by atoms with van der Waals surface area (Å²) in [7, 11) is 0. The van der Waals surface area contributed by atoms with Crippen LogP contribution in [0.5, 0.6) is 0 Å². The highest BCUT2D eigenvalue weighted by molar-refractivity contribution is 6.31. The molecule has 0 heterocycles. The summed E-state index contributed by atoms with van der Waals surface area (Å²) in [4.78, 5) is 25.1. The van der Waals surface area contributed by atoms with Gasteiger partial charge in [0.05, 0.1) is 11.3 Å². The zero-order chi connectivity index (χ0) is 20.1. The fraction of sp³-hybridized carbons (Fsp3) is 0.318. The zero-order valence-corrected chi connectivity index (χ0v) is 16.4. The summed E-state index contributed by atoms with van der Waals surface area (Å²) in [6.45, 7) is 1.91. The van der Waals surface area contributed by atoms with Crippen molar-refractivity contribution >= 4 is 34.8 Å². The van der Waals surface area contributed by atoms with Crippen LogP contribution in [-0.4, -0.2) is 11.8 Å². The van der Waals surface area contributed by atoms with Crippen molar-refractivity contribution in [2.45, 2.75) is 32.6 Å². The molecule has 0 aliphatic heterocycles. The van der Waals surface area contributed by atoms with Crippen LogP contribution in [0, 0.1) is 30.1 Å². The monoisotopic (exact) mass is 395 g/mol. The van der Waals surface area contributed by atoms with Crippen LogP contribution in [0.2, 0.25) is 5.02 Å². The van der Waals surface area contributed by atoms with Gasteiger partial charge in [-0.1, -0.05) is 29.8 Å². The largest absolute Gasteiger partial charge is 0.326 e. The third-order valence-electron chi connectivity index (χ3n) is 5.21. The minimum atomic E-state index is -0.149. The number of aryl methyl sites for hydroxylation is 1. The van der Waals surface area contributed by atoms with E-state index in [1.165, 1.54) is 0 Å². The quantitative estimate of drug-likeness (QED) is 0.772. The molecule has 2 aromatic carbocycles. The number of nitrogens with one attached hydrogen (secondary N) is 2. The summed E-state index contributed by atoms with van der Waals surface area (Å²) in [5.41, 5.74) is 2.63. The molecule has 5 nitrogen and oxygen atoms in total. The van der Waals surface area contributed by atoms with Gasteiger partial charge in [-0.3, -0.25) is 9.59 Å². The van der Waals surface area contributed by atoms with E-state index in [1.807, 2.05) is 19.1 Å². The second kappa shape index (κ2) is 8.90. The van der Waals surface area contributed by atoms with Crippen LogP contribution in [0.4, 0.5) is 11.4 Å². The number of nitriles is 1. The second-order valence-electron chi connectivity index (χ2n) is 7.15. The van der Waals surface area contributed by atoms with Gasteiger partial charge >= 0.3 is 0 Å². The van der Waals surface area contributed by atoms with Crippen LogP contribution in [0.25, 0.3) is 0 Å². The van der Waals surface area contributed by atoms with Gasteiger partial charge in [0.15, 0.2) is 0 Å². The van der Waals surface area contributed by atoms with Crippen LogP contribution in [0.1, 0.15) is 36.8 Å². The number of rotatable bonds is 4. The van der Waals surface area contributed by atoms with Crippen molar-refractivity contribution in [3.63, 3.8) is 0 Å². The van der Waals surface area contributed by atoms with Gasteiger partial charge in [0, 0.05) is 22.5 Å². The molecule has 2 aromatic rings. The second-order valence-corrected chi connectivity index (χ2v) is 7.56. The van der Waals surface area contributed by atoms with Crippen LogP contribution in [-0.2, 0) is 9.59 Å². The maximum atomic E-state index is 12.5. The first kappa shape index (κ1) is 19.9. The summed E-state index contributed by atoms with van der Waals surface area (Å²) in [6.07, 6.45) is 2.60. The number of carbonyl (C=O) groups is 2. The number of benzene rings is 2. The third-order valence-corrected chi connectivity index (χ3v) is 5.62. The van der Waals surface area contributed by atoms with Gasteiger partial charge in [0.25, 0.3) is 0 Å². The molecule has 144 valence electrons. The van der Waals surface area contributed by atoms with Crippen LogP contribution >= 0.6 is 11.6 Å². The van der Waals surface area contributed by atoms with E-state index in [0.717, 1.165) is 5.56 Å². The molecule has 0 radical (unpaired) electrons. The highest BCUT2D eigenvalue weighted by atomic mass is 35.5. The third kappa shape index (κ3) is 4.71. The number of hydrogen-bond donors (Lipinski definition) is 2. The standard InChI is InChI=1S/C22H22ClN3O2/c1-14-6-11-18(12-19(14)23)25-21(27)15-7-9-16(10-8-15)22(28)26-20-5-3-2-4-17(20)13-24/h2-6,11-12,15-16H,7-10H2,1H3,(H,25,27)(H,26,28). The number of nitrogens with zero attached hydrogens (tertiary/aromatic N) is 1. The predicted octanol–water partition coefficient (Wildman–Crippen LogP) is 4.90. The van der Waals surface area contributed by atoms with Crippen molar-refractivity contribution in [2.75, 3.05) is 10.6 Å². The summed E-state index contributed by atoms with van der Waals surface area (Å²) in [5, 5.41) is 15.5. The zero-order valence-electron chi connectivity index (χ0n) is 15.7. The lowest BCUT2D eigenvalue weighted by atomic mass is 9.81. The van der Waals surface area contributed by atoms with Crippen molar-refractivity contribution in [1.82, 2.24) is 0 Å². The average Bonchev–Trinajstić information content (AvgIpc) is 2.71. The molecule has 1 aliphatic rings. The summed E-state index contributed by atoms with van der Waals surface area (Å²) in [5.74, 6) is -0.388. The maximum Gasteiger partial charge on any atom is 0.227 e. The Bertz CT molecular complexity index is 928. The number of halogens is 1. The molecule has 2 N–H and O–H groups in total. The van der Waals surface area contributed by atoms with Crippen molar-refractivity contribution in [3.8, 4) is 6.07 Å². The molecule has 6 heteroatoms. The lowest BCUT2D eigenvalue weighted by molar-refractivity contribution is -0.125. The Labute approximate surface area is 169 Å². The van der Waals surface area contributed by atoms with Gasteiger partial charge in [0.1, 0.15) is 6.07 Å². The summed E-state index contributed by atoms with van der Waals surface area (Å²) in [6, 6.07) is 14.5. The van der Waals surface area contributed by atoms with Gasteiger partial charge in [-0.05, 0) is 62.4 Å². The molecule has 0 saturated heterocycles. The van der Waals surface area contributed by atoms with E-state index < -0.39 is 0 Å². The fourth-order valence-corrected chi connectivity index (χ4v) is 3.64. The number of carbonyl (C=O) groups excluding carboxylic acids is 2. The minimum Gasteiger partial charge on any atom is -0.326 e. The van der Waals surface area contributed by atoms with E-state index in [0.29, 0.717) is 47.6 Å². The number of amides is 2. The Kier molecular flexibility index (Phi) is 6.33. The first-order chi connectivity index (χ1) is 13.5. The molecule has 1 saturated carbocycles. The topological polar surface area (TPSA) is 82.0 Å². The molecule has 0 unspecified atom stereocenters. The Balaban J connectivity index is 1.53. The SMILES string of the molecule is Cc1ccc(NC(=O)C2CCC(C(=O)Nc3ccccc3C#N)CC2)cc1Cl. The van der Waals surface area contributed by atoms with Crippen molar-refractivity contribution in [2.24, 2.45) is 11.8 Å². The molecule has 0 bridgehead atoms. The van der Waals surface area contributed by atoms with Gasteiger partial charge in [-0.2, -0.15) is 5.26 Å². The Morgan fingerprint density at radius 3 is 2.21 bits per heavy atom. The molecule has 1 aliphatic carbocycles. The first-order valence-corrected chi connectivity index (χ1v) is 9.72. The van der Waals surface area contributed by atoms with Gasteiger partial charge < -0.3 is 10.6 Å². The number of anilines is 2. The lowest BCUT2D eigenvalue weighted by Gasteiger charge is -2.27. The molecular formula is C22H22ClN3O2. The molecular weight excluding hydrogens is 374 g/mol. The number of para-hydroxylation sites is 1. The molecule has 0 spiro atoms. The van der Waals surface area contributed by atoms with E-state index >= 15 is 0 Å². The molecule has 28 heavy (non-hydrogen) atoms. The van der Waals surface area contributed by atoms with E-state index in [-0.39, 0.29) is 23.7 Å². The Hall–Kier alpha value is -2.84. The number of hydrogen-bond acceptors (Lipinski definition) is 3. The van der Waals surface area contributed by atoms with Crippen molar-refractivity contribution in [3.05, 3.63) is 58.6 Å². The summed E-state index contributed by atoms with van der Waals surface area (Å²) >= 11 is 6.11. The molecule has 1 fully saturated rings. The summed E-state index contributed by atoms with van der Waals surface area (Å²) < 4.78 is 0. The maximum absolute atomic E-state index is 12.5. The average molecular weight is 396 g/mol. The highest BCUT2D eigenvalue weighted by Crippen LogP contribution is 2.31. The van der Waals surface area contributed by atoms with Crippen molar-refractivity contribution < 1.29 is 9.59 Å². The van der Waals surface area contributed by atoms with Crippen LogP contribution in [0.15, 0.2) is 42.5 Å². The van der Waals surface area contributed by atoms with Crippen LogP contribution < -0.4 is 10.6 Å². The van der Waals surface area contributed by atoms with Gasteiger partial charge in [-0.25, -0.2) is 0 Å². The van der Waals surface area contributed by atoms with Crippen LogP contribution in [0.3, 0.4) is 0 Å². The molecule has 0 aromatic heterocycles. The van der Waals surface area contributed by atoms with Gasteiger partial charge in [-0.15, -0.1) is 0 Å². The normalized spacial score (nSPS) is 18.8. The van der Waals surface area contributed by atoms with Gasteiger partial charge in [0.2, 0.25) is 11.8 Å². The fourth-order valence-electron chi connectivity index (χ4n) is 3.46. The smallest absolute Gasteiger partial charge is 0.227 e. The Morgan fingerprint density at radius 2 is 1.61 bits per heavy atom. The van der Waals surface area contributed by atoms with E-state index in [4.69, 9.17) is 16.9 Å².